The van der Waals surface area contributed by atoms with Gasteiger partial charge in [-0.3, -0.25) is 4.98 Å². The number of rotatable bonds is 3. The Morgan fingerprint density at radius 2 is 2.32 bits per heavy atom. The number of benzene rings is 1. The second kappa shape index (κ2) is 4.35. The predicted octanol–water partition coefficient (Wildman–Crippen LogP) is 2.59. The van der Waals surface area contributed by atoms with Gasteiger partial charge in [0.2, 0.25) is 0 Å². The molecule has 94 valence electrons. The highest BCUT2D eigenvalue weighted by Gasteiger charge is 2.08. The minimum atomic E-state index is -0.503. The summed E-state index contributed by atoms with van der Waals surface area (Å²) in [5.74, 6) is -0.0419. The number of hydrogen-bond donors (Lipinski definition) is 1. The molecule has 0 aliphatic carbocycles. The second-order valence-corrected chi connectivity index (χ2v) is 3.79. The van der Waals surface area contributed by atoms with Crippen LogP contribution in [0.2, 0.25) is 0 Å². The third-order valence-electron chi connectivity index (χ3n) is 2.57. The summed E-state index contributed by atoms with van der Waals surface area (Å²) in [6.07, 6.45) is 0. The van der Waals surface area contributed by atoms with E-state index in [2.05, 4.69) is 20.2 Å². The first-order valence-electron chi connectivity index (χ1n) is 5.36. The molecule has 0 spiro atoms. The first kappa shape index (κ1) is 11.1. The molecule has 1 N–H and O–H groups in total. The summed E-state index contributed by atoms with van der Waals surface area (Å²) in [5, 5.41) is 7.25. The summed E-state index contributed by atoms with van der Waals surface area (Å²) in [7, 11) is 0. The maximum atomic E-state index is 11.1. The Hall–Kier alpha value is -2.99. The van der Waals surface area contributed by atoms with Gasteiger partial charge >= 0.3 is 5.76 Å². The van der Waals surface area contributed by atoms with Gasteiger partial charge in [0, 0.05) is 16.5 Å². The molecule has 1 aromatic carbocycles. The van der Waals surface area contributed by atoms with E-state index in [1.807, 2.05) is 0 Å². The largest absolute Gasteiger partial charge is 0.417 e. The highest BCUT2D eigenvalue weighted by atomic mass is 16.5. The van der Waals surface area contributed by atoms with Gasteiger partial charge in [-0.25, -0.2) is 4.79 Å². The zero-order chi connectivity index (χ0) is 13.2. The molecule has 8 nitrogen and oxygen atoms in total. The molecule has 0 fully saturated rings. The summed E-state index contributed by atoms with van der Waals surface area (Å²) in [4.78, 5) is 16.2. The smallest absolute Gasteiger partial charge is 0.408 e. The lowest BCUT2D eigenvalue weighted by Gasteiger charge is -1.93. The molecule has 0 atom stereocenters. The van der Waals surface area contributed by atoms with Crippen LogP contribution in [-0.2, 0) is 6.54 Å². The molecule has 3 aromatic rings. The van der Waals surface area contributed by atoms with Gasteiger partial charge in [-0.15, -0.1) is 0 Å². The van der Waals surface area contributed by atoms with Crippen molar-refractivity contribution in [1.29, 1.82) is 0 Å². The molecule has 8 heteroatoms. The van der Waals surface area contributed by atoms with E-state index < -0.39 is 5.76 Å². The van der Waals surface area contributed by atoms with Crippen LogP contribution in [0, 0.1) is 0 Å². The number of oxazole rings is 1. The van der Waals surface area contributed by atoms with Gasteiger partial charge in [-0.2, -0.15) is 0 Å². The summed E-state index contributed by atoms with van der Waals surface area (Å²) in [6, 6.07) is 6.85. The van der Waals surface area contributed by atoms with Crippen LogP contribution in [-0.4, -0.2) is 10.1 Å². The summed E-state index contributed by atoms with van der Waals surface area (Å²) >= 11 is 0. The Kier molecular flexibility index (Phi) is 2.55. The highest BCUT2D eigenvalue weighted by Crippen LogP contribution is 2.23. The summed E-state index contributed by atoms with van der Waals surface area (Å²) in [6.45, 7) is 0.102. The van der Waals surface area contributed by atoms with Crippen LogP contribution in [0.3, 0.4) is 0 Å². The van der Waals surface area contributed by atoms with Gasteiger partial charge in [0.1, 0.15) is 11.5 Å². The molecule has 2 heterocycles. The van der Waals surface area contributed by atoms with Crippen molar-refractivity contribution >= 4 is 11.1 Å². The van der Waals surface area contributed by atoms with Crippen molar-refractivity contribution < 1.29 is 8.94 Å². The van der Waals surface area contributed by atoms with Gasteiger partial charge in [-0.05, 0) is 17.7 Å². The first-order valence-corrected chi connectivity index (χ1v) is 5.36. The third kappa shape index (κ3) is 2.07. The minimum Gasteiger partial charge on any atom is -0.408 e. The van der Waals surface area contributed by atoms with Gasteiger partial charge in [0.25, 0.3) is 0 Å². The van der Waals surface area contributed by atoms with Gasteiger partial charge in [-0.1, -0.05) is 16.3 Å². The standard InChI is InChI=1S/C11H7N5O3/c12-16-13-5-7-4-9(15-19-7)6-1-2-8-10(3-6)18-11(17)14-8/h1-4H,5H2,(H,14,17). The SMILES string of the molecule is [N-]=[N+]=NCc1cc(-c2ccc3[nH]c(=O)oc3c2)no1. The normalized spacial score (nSPS) is 10.5. The quantitative estimate of drug-likeness (QED) is 0.440. The topological polar surface area (TPSA) is 121 Å². The number of azide groups is 1. The second-order valence-electron chi connectivity index (χ2n) is 3.79. The number of hydrogen-bond acceptors (Lipinski definition) is 5. The maximum absolute atomic E-state index is 11.1. The first-order chi connectivity index (χ1) is 9.26. The van der Waals surface area contributed by atoms with Gasteiger partial charge in [0.05, 0.1) is 12.1 Å². The van der Waals surface area contributed by atoms with E-state index >= 15 is 0 Å². The minimum absolute atomic E-state index is 0.102. The van der Waals surface area contributed by atoms with Crippen LogP contribution >= 0.6 is 0 Å². The Balaban J connectivity index is 2.00. The monoisotopic (exact) mass is 257 g/mol. The number of H-pyrrole nitrogens is 1. The predicted molar refractivity (Wildman–Crippen MR) is 65.2 cm³/mol. The number of aromatic amines is 1. The maximum Gasteiger partial charge on any atom is 0.417 e. The van der Waals surface area contributed by atoms with E-state index in [1.54, 1.807) is 24.3 Å². The molecule has 2 aromatic heterocycles. The van der Waals surface area contributed by atoms with Crippen molar-refractivity contribution in [2.45, 2.75) is 6.54 Å². The molecule has 0 saturated carbocycles. The zero-order valence-electron chi connectivity index (χ0n) is 9.53. The van der Waals surface area contributed by atoms with Crippen molar-refractivity contribution in [3.63, 3.8) is 0 Å². The molecule has 0 saturated heterocycles. The van der Waals surface area contributed by atoms with E-state index in [9.17, 15) is 4.79 Å². The molecule has 0 radical (unpaired) electrons. The van der Waals surface area contributed by atoms with Crippen molar-refractivity contribution in [3.8, 4) is 11.3 Å². The van der Waals surface area contributed by atoms with E-state index in [1.165, 1.54) is 0 Å². The van der Waals surface area contributed by atoms with E-state index in [0.717, 1.165) is 5.56 Å². The molecule has 0 aliphatic rings. The molecule has 0 amide bonds. The van der Waals surface area contributed by atoms with Crippen LogP contribution in [0.15, 0.2) is 43.1 Å². The molecule has 19 heavy (non-hydrogen) atoms. The zero-order valence-corrected chi connectivity index (χ0v) is 9.53. The molecule has 0 unspecified atom stereocenters. The van der Waals surface area contributed by atoms with Crippen LogP contribution in [0.4, 0.5) is 0 Å². The molecule has 0 aliphatic heterocycles. The fourth-order valence-corrected chi connectivity index (χ4v) is 1.73. The number of fused-ring (bicyclic) bond motifs is 1. The average molecular weight is 257 g/mol. The summed E-state index contributed by atoms with van der Waals surface area (Å²) in [5.41, 5.74) is 10.6. The van der Waals surface area contributed by atoms with Gasteiger partial charge in [0.15, 0.2) is 5.58 Å². The van der Waals surface area contributed by atoms with Crippen LogP contribution in [0.1, 0.15) is 5.76 Å². The Bertz CT molecular complexity index is 837. The van der Waals surface area contributed by atoms with E-state index in [4.69, 9.17) is 14.5 Å². The van der Waals surface area contributed by atoms with Crippen molar-refractivity contribution in [2.24, 2.45) is 5.11 Å². The van der Waals surface area contributed by atoms with Crippen molar-refractivity contribution in [3.05, 3.63) is 51.0 Å². The lowest BCUT2D eigenvalue weighted by atomic mass is 10.1. The van der Waals surface area contributed by atoms with Gasteiger partial charge < -0.3 is 8.94 Å². The van der Waals surface area contributed by atoms with Crippen LogP contribution < -0.4 is 5.76 Å². The lowest BCUT2D eigenvalue weighted by Crippen LogP contribution is -1.92. The fourth-order valence-electron chi connectivity index (χ4n) is 1.73. The Labute approximate surface area is 105 Å². The number of nitrogens with one attached hydrogen (secondary N) is 1. The Morgan fingerprint density at radius 3 is 3.16 bits per heavy atom. The van der Waals surface area contributed by atoms with Crippen LogP contribution in [0.5, 0.6) is 0 Å². The van der Waals surface area contributed by atoms with Crippen LogP contribution in [0.25, 0.3) is 32.8 Å². The van der Waals surface area contributed by atoms with E-state index in [-0.39, 0.29) is 6.54 Å². The number of aromatic nitrogens is 2. The molecular formula is C11H7N5O3. The molecule has 3 rings (SSSR count). The fraction of sp³-hybridized carbons (Fsp3) is 0.0909. The number of nitrogens with zero attached hydrogens (tertiary/aromatic N) is 4. The van der Waals surface area contributed by atoms with E-state index in [0.29, 0.717) is 22.6 Å². The van der Waals surface area contributed by atoms with Crippen molar-refractivity contribution in [1.82, 2.24) is 10.1 Å². The summed E-state index contributed by atoms with van der Waals surface area (Å²) < 4.78 is 9.99. The average Bonchev–Trinajstić information content (AvgIpc) is 3.00. The molecular weight excluding hydrogens is 250 g/mol. The lowest BCUT2D eigenvalue weighted by molar-refractivity contribution is 0.387. The Morgan fingerprint density at radius 1 is 1.42 bits per heavy atom. The third-order valence-corrected chi connectivity index (χ3v) is 2.57. The highest BCUT2D eigenvalue weighted by molar-refractivity contribution is 5.78. The molecule has 0 bridgehead atoms. The van der Waals surface area contributed by atoms with Crippen molar-refractivity contribution in [2.75, 3.05) is 0 Å².